The van der Waals surface area contributed by atoms with Crippen LogP contribution in [-0.2, 0) is 20.1 Å². The van der Waals surface area contributed by atoms with E-state index in [1.165, 1.54) is 11.1 Å². The van der Waals surface area contributed by atoms with E-state index in [9.17, 15) is 0 Å². The molecule has 0 aliphatic carbocycles. The summed E-state index contributed by atoms with van der Waals surface area (Å²) in [5.74, 6) is 1.65. The highest BCUT2D eigenvalue weighted by atomic mass is 127. The second kappa shape index (κ2) is 9.39. The van der Waals surface area contributed by atoms with Gasteiger partial charge in [-0.05, 0) is 19.4 Å². The Morgan fingerprint density at radius 3 is 2.77 bits per heavy atom. The molecule has 0 saturated carbocycles. The fourth-order valence-corrected chi connectivity index (χ4v) is 1.95. The van der Waals surface area contributed by atoms with Crippen molar-refractivity contribution in [2.75, 3.05) is 6.54 Å². The van der Waals surface area contributed by atoms with Gasteiger partial charge < -0.3 is 15.2 Å². The van der Waals surface area contributed by atoms with Crippen molar-refractivity contribution in [2.24, 2.45) is 12.0 Å². The molecule has 120 valence electrons. The van der Waals surface area contributed by atoms with Crippen molar-refractivity contribution in [1.82, 2.24) is 25.4 Å². The van der Waals surface area contributed by atoms with Crippen molar-refractivity contribution in [3.8, 4) is 0 Å². The standard InChI is InChI=1S/C15H22N6.HI/c1-4-16-15(18-10-14-20-19-11-21(14)3)17-9-13-7-5-6-12(2)8-13;/h5-8,11H,4,9-10H2,1-3H3,(H2,16,17,18);1H. The van der Waals surface area contributed by atoms with Crippen LogP contribution in [0.15, 0.2) is 35.6 Å². The van der Waals surface area contributed by atoms with Crippen molar-refractivity contribution in [1.29, 1.82) is 0 Å². The number of halogens is 1. The van der Waals surface area contributed by atoms with Gasteiger partial charge in [0.2, 0.25) is 0 Å². The molecule has 2 aromatic rings. The molecule has 0 saturated heterocycles. The van der Waals surface area contributed by atoms with Crippen molar-refractivity contribution in [2.45, 2.75) is 26.9 Å². The van der Waals surface area contributed by atoms with E-state index in [1.807, 2.05) is 18.5 Å². The number of aryl methyl sites for hydroxylation is 2. The average Bonchev–Trinajstić information content (AvgIpc) is 2.87. The first-order valence-corrected chi connectivity index (χ1v) is 7.09. The molecule has 0 unspecified atom stereocenters. The molecular formula is C15H23IN6. The highest BCUT2D eigenvalue weighted by molar-refractivity contribution is 14.0. The lowest BCUT2D eigenvalue weighted by Gasteiger charge is -2.11. The third kappa shape index (κ3) is 5.63. The Morgan fingerprint density at radius 1 is 1.32 bits per heavy atom. The molecule has 0 bridgehead atoms. The van der Waals surface area contributed by atoms with Crippen LogP contribution in [0, 0.1) is 6.92 Å². The van der Waals surface area contributed by atoms with Gasteiger partial charge in [0.25, 0.3) is 0 Å². The Bertz CT molecular complexity index is 608. The Morgan fingerprint density at radius 2 is 2.14 bits per heavy atom. The van der Waals surface area contributed by atoms with E-state index in [1.54, 1.807) is 6.33 Å². The van der Waals surface area contributed by atoms with Crippen LogP contribution in [0.25, 0.3) is 0 Å². The van der Waals surface area contributed by atoms with E-state index in [0.717, 1.165) is 18.3 Å². The molecule has 1 aromatic heterocycles. The normalized spacial score (nSPS) is 11.0. The summed E-state index contributed by atoms with van der Waals surface area (Å²) in [6.45, 7) is 6.20. The van der Waals surface area contributed by atoms with Crippen LogP contribution in [0.2, 0.25) is 0 Å². The van der Waals surface area contributed by atoms with Crippen LogP contribution in [0.5, 0.6) is 0 Å². The maximum atomic E-state index is 4.59. The molecule has 6 nitrogen and oxygen atoms in total. The summed E-state index contributed by atoms with van der Waals surface area (Å²) in [6.07, 6.45) is 1.69. The molecule has 7 heteroatoms. The first-order chi connectivity index (χ1) is 10.2. The monoisotopic (exact) mass is 414 g/mol. The zero-order valence-electron chi connectivity index (χ0n) is 13.2. The van der Waals surface area contributed by atoms with Gasteiger partial charge in [-0.15, -0.1) is 34.2 Å². The molecule has 0 atom stereocenters. The van der Waals surface area contributed by atoms with Gasteiger partial charge in [0.15, 0.2) is 11.8 Å². The molecule has 0 aliphatic rings. The number of nitrogens with zero attached hydrogens (tertiary/aromatic N) is 4. The lowest BCUT2D eigenvalue weighted by molar-refractivity contribution is 0.726. The molecule has 1 aromatic carbocycles. The minimum absolute atomic E-state index is 0. The lowest BCUT2D eigenvalue weighted by Crippen LogP contribution is -2.37. The van der Waals surface area contributed by atoms with E-state index in [0.29, 0.717) is 13.1 Å². The van der Waals surface area contributed by atoms with Gasteiger partial charge in [-0.25, -0.2) is 4.99 Å². The lowest BCUT2D eigenvalue weighted by atomic mass is 10.1. The first kappa shape index (κ1) is 18.4. The van der Waals surface area contributed by atoms with Crippen LogP contribution in [0.1, 0.15) is 23.9 Å². The number of rotatable bonds is 5. The van der Waals surface area contributed by atoms with Crippen molar-refractivity contribution < 1.29 is 0 Å². The van der Waals surface area contributed by atoms with Gasteiger partial charge >= 0.3 is 0 Å². The van der Waals surface area contributed by atoms with Crippen LogP contribution >= 0.6 is 24.0 Å². The third-order valence-corrected chi connectivity index (χ3v) is 3.07. The van der Waals surface area contributed by atoms with E-state index < -0.39 is 0 Å². The van der Waals surface area contributed by atoms with E-state index in [4.69, 9.17) is 0 Å². The second-order valence-electron chi connectivity index (χ2n) is 4.90. The maximum Gasteiger partial charge on any atom is 0.191 e. The fraction of sp³-hybridized carbons (Fsp3) is 0.400. The van der Waals surface area contributed by atoms with Crippen LogP contribution < -0.4 is 10.6 Å². The average molecular weight is 414 g/mol. The maximum absolute atomic E-state index is 4.59. The molecule has 0 amide bonds. The topological polar surface area (TPSA) is 67.1 Å². The number of benzene rings is 1. The van der Waals surface area contributed by atoms with E-state index in [-0.39, 0.29) is 24.0 Å². The Labute approximate surface area is 148 Å². The minimum atomic E-state index is 0. The Hall–Kier alpha value is -1.64. The molecule has 22 heavy (non-hydrogen) atoms. The summed E-state index contributed by atoms with van der Waals surface area (Å²) >= 11 is 0. The van der Waals surface area contributed by atoms with Crippen molar-refractivity contribution in [3.63, 3.8) is 0 Å². The van der Waals surface area contributed by atoms with Gasteiger partial charge in [0, 0.05) is 13.6 Å². The predicted molar refractivity (Wildman–Crippen MR) is 99.3 cm³/mol. The van der Waals surface area contributed by atoms with Gasteiger partial charge in [-0.2, -0.15) is 0 Å². The number of aromatic nitrogens is 3. The largest absolute Gasteiger partial charge is 0.357 e. The number of guanidine groups is 1. The molecule has 2 N–H and O–H groups in total. The molecule has 0 spiro atoms. The molecule has 0 fully saturated rings. The summed E-state index contributed by atoms with van der Waals surface area (Å²) in [4.78, 5) is 4.59. The predicted octanol–water partition coefficient (Wildman–Crippen LogP) is 2.00. The highest BCUT2D eigenvalue weighted by Crippen LogP contribution is 2.05. The zero-order valence-corrected chi connectivity index (χ0v) is 15.5. The van der Waals surface area contributed by atoms with Crippen molar-refractivity contribution >= 4 is 29.9 Å². The van der Waals surface area contributed by atoms with Gasteiger partial charge in [-0.1, -0.05) is 29.8 Å². The van der Waals surface area contributed by atoms with Gasteiger partial charge in [-0.3, -0.25) is 0 Å². The van der Waals surface area contributed by atoms with E-state index in [2.05, 4.69) is 57.0 Å². The molecule has 1 heterocycles. The summed E-state index contributed by atoms with van der Waals surface area (Å²) in [6, 6.07) is 8.38. The SMILES string of the molecule is CCNC(=NCc1cccc(C)c1)NCc1nncn1C.I. The number of hydrogen-bond acceptors (Lipinski definition) is 3. The highest BCUT2D eigenvalue weighted by Gasteiger charge is 2.02. The van der Waals surface area contributed by atoms with Crippen LogP contribution in [0.3, 0.4) is 0 Å². The summed E-state index contributed by atoms with van der Waals surface area (Å²) in [7, 11) is 1.92. The molecule has 0 aliphatic heterocycles. The number of aliphatic imine (C=N–C) groups is 1. The van der Waals surface area contributed by atoms with Gasteiger partial charge in [0.05, 0.1) is 13.1 Å². The Kier molecular flexibility index (Phi) is 7.86. The van der Waals surface area contributed by atoms with Crippen LogP contribution in [-0.4, -0.2) is 27.3 Å². The smallest absolute Gasteiger partial charge is 0.191 e. The fourth-order valence-electron chi connectivity index (χ4n) is 1.95. The zero-order chi connectivity index (χ0) is 15.1. The molecular weight excluding hydrogens is 391 g/mol. The van der Waals surface area contributed by atoms with E-state index >= 15 is 0 Å². The van der Waals surface area contributed by atoms with Crippen molar-refractivity contribution in [3.05, 3.63) is 47.5 Å². The molecule has 0 radical (unpaired) electrons. The quantitative estimate of drug-likeness (QED) is 0.446. The summed E-state index contributed by atoms with van der Waals surface area (Å²) < 4.78 is 1.89. The summed E-state index contributed by atoms with van der Waals surface area (Å²) in [5, 5.41) is 14.4. The third-order valence-electron chi connectivity index (χ3n) is 3.07. The summed E-state index contributed by atoms with van der Waals surface area (Å²) in [5.41, 5.74) is 2.45. The Balaban J connectivity index is 0.00000242. The number of nitrogens with one attached hydrogen (secondary N) is 2. The van der Waals surface area contributed by atoms with Crippen LogP contribution in [0.4, 0.5) is 0 Å². The van der Waals surface area contributed by atoms with Gasteiger partial charge in [0.1, 0.15) is 6.33 Å². The first-order valence-electron chi connectivity index (χ1n) is 7.09. The number of hydrogen-bond donors (Lipinski definition) is 2. The minimum Gasteiger partial charge on any atom is -0.357 e. The molecule has 2 rings (SSSR count). The second-order valence-corrected chi connectivity index (χ2v) is 4.90.